The number of H-pyrrole nitrogens is 1. The summed E-state index contributed by atoms with van der Waals surface area (Å²) in [4.78, 5) is 33.5. The number of aromatic amines is 1. The van der Waals surface area contributed by atoms with Crippen molar-refractivity contribution >= 4 is 40.1 Å². The lowest BCUT2D eigenvalue weighted by molar-refractivity contribution is -0.132. The summed E-state index contributed by atoms with van der Waals surface area (Å²) in [5.41, 5.74) is 3.94. The Kier molecular flexibility index (Phi) is 8.86. The maximum absolute atomic E-state index is 13.6. The van der Waals surface area contributed by atoms with Gasteiger partial charge in [0.05, 0.1) is 0 Å². The fraction of sp³-hybridized carbons (Fsp3) is 0.267. The molecule has 6 nitrogen and oxygen atoms in total. The molecule has 4 aromatic rings. The van der Waals surface area contributed by atoms with Gasteiger partial charge < -0.3 is 20.1 Å². The molecule has 0 spiro atoms. The molecule has 0 radical (unpaired) electrons. The Balaban J connectivity index is 1.50. The van der Waals surface area contributed by atoms with Crippen LogP contribution in [0.15, 0.2) is 85.1 Å². The summed E-state index contributed by atoms with van der Waals surface area (Å²) in [5.74, 6) is 0.119. The zero-order valence-corrected chi connectivity index (χ0v) is 22.0. The van der Waals surface area contributed by atoms with E-state index in [9.17, 15) is 9.59 Å². The number of aromatic nitrogens is 1. The van der Waals surface area contributed by atoms with E-state index in [0.29, 0.717) is 36.8 Å². The molecule has 0 aliphatic heterocycles. The third-order valence-electron chi connectivity index (χ3n) is 6.19. The molecule has 37 heavy (non-hydrogen) atoms. The maximum Gasteiger partial charge on any atom is 0.322 e. The van der Waals surface area contributed by atoms with E-state index in [4.69, 9.17) is 11.6 Å². The molecule has 7 heteroatoms. The molecule has 3 amide bonds. The molecule has 0 bridgehead atoms. The molecule has 1 aromatic heterocycles. The summed E-state index contributed by atoms with van der Waals surface area (Å²) in [6.07, 6.45) is 2.73. The average Bonchev–Trinajstić information content (AvgIpc) is 3.31. The largest absolute Gasteiger partial charge is 0.361 e. The number of nitrogens with one attached hydrogen (secondary N) is 2. The smallest absolute Gasteiger partial charge is 0.322 e. The summed E-state index contributed by atoms with van der Waals surface area (Å²) < 4.78 is 0. The third-order valence-corrected chi connectivity index (χ3v) is 6.44. The highest BCUT2D eigenvalue weighted by Gasteiger charge is 2.23. The number of para-hydroxylation sites is 1. The Morgan fingerprint density at radius 3 is 2.35 bits per heavy atom. The first-order chi connectivity index (χ1) is 17.9. The Labute approximate surface area is 223 Å². The number of hydrogen-bond donors (Lipinski definition) is 2. The van der Waals surface area contributed by atoms with Gasteiger partial charge in [-0.15, -0.1) is 0 Å². The summed E-state index contributed by atoms with van der Waals surface area (Å²) in [7, 11) is 0. The number of amides is 3. The fourth-order valence-electron chi connectivity index (χ4n) is 4.35. The van der Waals surface area contributed by atoms with E-state index >= 15 is 0 Å². The minimum atomic E-state index is -0.305. The van der Waals surface area contributed by atoms with Crippen molar-refractivity contribution in [3.63, 3.8) is 0 Å². The van der Waals surface area contributed by atoms with E-state index in [1.165, 1.54) is 10.9 Å². The number of urea groups is 1. The maximum atomic E-state index is 13.6. The molecule has 192 valence electrons. The van der Waals surface area contributed by atoms with Crippen LogP contribution in [0.2, 0.25) is 5.02 Å². The van der Waals surface area contributed by atoms with Crippen LogP contribution < -0.4 is 5.32 Å². The van der Waals surface area contributed by atoms with E-state index in [1.54, 1.807) is 29.2 Å². The van der Waals surface area contributed by atoms with Crippen molar-refractivity contribution in [2.45, 2.75) is 26.8 Å². The Morgan fingerprint density at radius 2 is 1.62 bits per heavy atom. The van der Waals surface area contributed by atoms with Crippen LogP contribution in [0.4, 0.5) is 10.5 Å². The molecule has 0 unspecified atom stereocenters. The topological polar surface area (TPSA) is 68.4 Å². The van der Waals surface area contributed by atoms with Crippen molar-refractivity contribution in [2.75, 3.05) is 25.0 Å². The van der Waals surface area contributed by atoms with Gasteiger partial charge in [-0.05, 0) is 53.8 Å². The zero-order valence-electron chi connectivity index (χ0n) is 21.3. The van der Waals surface area contributed by atoms with Crippen LogP contribution in [0.5, 0.6) is 0 Å². The summed E-state index contributed by atoms with van der Waals surface area (Å²) in [6.45, 7) is 5.56. The Morgan fingerprint density at radius 1 is 0.919 bits per heavy atom. The number of anilines is 1. The van der Waals surface area contributed by atoms with Crippen LogP contribution in [0.1, 0.15) is 25.0 Å². The number of rotatable bonds is 10. The quantitative estimate of drug-likeness (QED) is 0.250. The van der Waals surface area contributed by atoms with Crippen molar-refractivity contribution in [2.24, 2.45) is 5.92 Å². The zero-order chi connectivity index (χ0) is 26.2. The fourth-order valence-corrected chi connectivity index (χ4v) is 4.47. The van der Waals surface area contributed by atoms with Gasteiger partial charge in [0.1, 0.15) is 6.54 Å². The van der Waals surface area contributed by atoms with E-state index < -0.39 is 0 Å². The minimum absolute atomic E-state index is 0.00167. The molecule has 4 rings (SSSR count). The number of nitrogens with zero attached hydrogens (tertiary/aromatic N) is 2. The predicted molar refractivity (Wildman–Crippen MR) is 151 cm³/mol. The molecule has 0 aliphatic rings. The monoisotopic (exact) mass is 516 g/mol. The van der Waals surface area contributed by atoms with Crippen molar-refractivity contribution in [1.82, 2.24) is 14.8 Å². The standard InChI is InChI=1S/C30H33ClN4O2/c1-22(2)19-35(30(37)33-26-14-12-25(31)13-15-26)21-29(36)34(20-23-8-4-3-5-9-23)17-16-24-18-32-28-11-7-6-10-27(24)28/h3-15,18,22,32H,16-17,19-21H2,1-2H3,(H,33,37). The average molecular weight is 517 g/mol. The number of carbonyl (C=O) groups excluding carboxylic acids is 2. The highest BCUT2D eigenvalue weighted by Crippen LogP contribution is 2.19. The van der Waals surface area contributed by atoms with Gasteiger partial charge in [0.25, 0.3) is 0 Å². The van der Waals surface area contributed by atoms with Gasteiger partial charge >= 0.3 is 6.03 Å². The van der Waals surface area contributed by atoms with Crippen LogP contribution in [0.3, 0.4) is 0 Å². The number of benzene rings is 3. The van der Waals surface area contributed by atoms with Gasteiger partial charge in [-0.3, -0.25) is 4.79 Å². The van der Waals surface area contributed by atoms with Crippen molar-refractivity contribution < 1.29 is 9.59 Å². The van der Waals surface area contributed by atoms with Crippen LogP contribution in [0.25, 0.3) is 10.9 Å². The Hall–Kier alpha value is -3.77. The van der Waals surface area contributed by atoms with Crippen LogP contribution in [-0.2, 0) is 17.8 Å². The predicted octanol–water partition coefficient (Wildman–Crippen LogP) is 6.58. The first-order valence-corrected chi connectivity index (χ1v) is 12.9. The summed E-state index contributed by atoms with van der Waals surface area (Å²) >= 11 is 5.97. The van der Waals surface area contributed by atoms with Crippen molar-refractivity contribution in [3.05, 3.63) is 101 Å². The van der Waals surface area contributed by atoms with Crippen LogP contribution >= 0.6 is 11.6 Å². The van der Waals surface area contributed by atoms with Gasteiger partial charge in [0.2, 0.25) is 5.91 Å². The number of halogens is 1. The van der Waals surface area contributed by atoms with E-state index in [2.05, 4.69) is 22.4 Å². The molecule has 0 saturated carbocycles. The molecule has 0 saturated heterocycles. The molecular weight excluding hydrogens is 484 g/mol. The molecule has 0 aliphatic carbocycles. The summed E-state index contributed by atoms with van der Waals surface area (Å²) in [5, 5.41) is 4.66. The van der Waals surface area contributed by atoms with Crippen molar-refractivity contribution in [3.8, 4) is 0 Å². The third kappa shape index (κ3) is 7.37. The van der Waals surface area contributed by atoms with E-state index in [-0.39, 0.29) is 24.4 Å². The molecule has 2 N–H and O–H groups in total. The van der Waals surface area contributed by atoms with Gasteiger partial charge in [0.15, 0.2) is 0 Å². The number of hydrogen-bond acceptors (Lipinski definition) is 2. The van der Waals surface area contributed by atoms with Gasteiger partial charge in [-0.25, -0.2) is 4.79 Å². The number of carbonyl (C=O) groups is 2. The van der Waals surface area contributed by atoms with Crippen molar-refractivity contribution in [1.29, 1.82) is 0 Å². The Bertz CT molecular complexity index is 1320. The van der Waals surface area contributed by atoms with E-state index in [1.807, 2.05) is 67.4 Å². The lowest BCUT2D eigenvalue weighted by atomic mass is 10.1. The number of fused-ring (bicyclic) bond motifs is 1. The van der Waals surface area contributed by atoms with Gasteiger partial charge in [0, 0.05) is 47.4 Å². The molecule has 0 fully saturated rings. The summed E-state index contributed by atoms with van der Waals surface area (Å²) in [6, 6.07) is 24.8. The van der Waals surface area contributed by atoms with Crippen LogP contribution in [-0.4, -0.2) is 46.4 Å². The second-order valence-electron chi connectivity index (χ2n) is 9.62. The first-order valence-electron chi connectivity index (χ1n) is 12.6. The second-order valence-corrected chi connectivity index (χ2v) is 10.1. The lowest BCUT2D eigenvalue weighted by Gasteiger charge is -2.29. The normalized spacial score (nSPS) is 11.0. The minimum Gasteiger partial charge on any atom is -0.361 e. The molecule has 3 aromatic carbocycles. The second kappa shape index (κ2) is 12.5. The van der Waals surface area contributed by atoms with E-state index in [0.717, 1.165) is 11.1 Å². The highest BCUT2D eigenvalue weighted by molar-refractivity contribution is 6.30. The van der Waals surface area contributed by atoms with Gasteiger partial charge in [-0.2, -0.15) is 0 Å². The molecule has 1 heterocycles. The van der Waals surface area contributed by atoms with Gasteiger partial charge in [-0.1, -0.05) is 74.0 Å². The highest BCUT2D eigenvalue weighted by atomic mass is 35.5. The SMILES string of the molecule is CC(C)CN(CC(=O)N(CCc1c[nH]c2ccccc12)Cc1ccccc1)C(=O)Nc1ccc(Cl)cc1. The lowest BCUT2D eigenvalue weighted by Crippen LogP contribution is -2.46. The molecule has 0 atom stereocenters. The first kappa shape index (κ1) is 26.3. The molecular formula is C30H33ClN4O2. The van der Waals surface area contributed by atoms with Crippen LogP contribution in [0, 0.1) is 5.92 Å².